The molecule has 0 spiro atoms. The van der Waals surface area contributed by atoms with Gasteiger partial charge in [-0.05, 0) is 31.7 Å². The van der Waals surface area contributed by atoms with Crippen molar-refractivity contribution >= 4 is 23.3 Å². The molecule has 0 bridgehead atoms. The van der Waals surface area contributed by atoms with Crippen molar-refractivity contribution in [1.82, 2.24) is 19.9 Å². The van der Waals surface area contributed by atoms with Crippen LogP contribution in [0.2, 0.25) is 0 Å². The molecule has 2 aromatic rings. The number of aromatic nitrogens is 3. The van der Waals surface area contributed by atoms with Crippen molar-refractivity contribution in [3.05, 3.63) is 30.4 Å². The molecule has 2 amide bonds. The molecule has 33 heavy (non-hydrogen) atoms. The van der Waals surface area contributed by atoms with Gasteiger partial charge in [-0.3, -0.25) is 14.6 Å². The number of pyridine rings is 1. The number of halogens is 3. The first-order valence-corrected chi connectivity index (χ1v) is 10.4. The maximum Gasteiger partial charge on any atom is 0.408 e. The molecule has 12 heteroatoms. The highest BCUT2D eigenvalue weighted by Gasteiger charge is 2.47. The number of carbonyl (C=O) groups is 2. The summed E-state index contributed by atoms with van der Waals surface area (Å²) in [5, 5.41) is 14.7. The lowest BCUT2D eigenvalue weighted by molar-refractivity contribution is -0.181. The number of hydrogen-bond donors (Lipinski definition) is 2. The first kappa shape index (κ1) is 22.4. The van der Waals surface area contributed by atoms with Gasteiger partial charge in [0.15, 0.2) is 11.5 Å². The fraction of sp³-hybridized carbons (Fsp3) is 0.429. The third-order valence-corrected chi connectivity index (χ3v) is 5.52. The van der Waals surface area contributed by atoms with Gasteiger partial charge in [0.2, 0.25) is 11.8 Å². The van der Waals surface area contributed by atoms with Gasteiger partial charge in [0, 0.05) is 24.2 Å². The lowest BCUT2D eigenvalue weighted by atomic mass is 10.1. The molecule has 0 aromatic carbocycles. The van der Waals surface area contributed by atoms with E-state index in [2.05, 4.69) is 25.6 Å². The molecule has 2 aliphatic rings. The molecule has 172 valence electrons. The molecule has 1 atom stereocenters. The molecule has 1 aliphatic carbocycles. The number of hydrogen-bond acceptors (Lipinski definition) is 7. The van der Waals surface area contributed by atoms with E-state index in [9.17, 15) is 28.0 Å². The van der Waals surface area contributed by atoms with E-state index in [1.54, 1.807) is 0 Å². The Morgan fingerprint density at radius 2 is 1.94 bits per heavy atom. The lowest BCUT2D eigenvalue weighted by Gasteiger charge is -2.26. The van der Waals surface area contributed by atoms with Crippen LogP contribution in [0.4, 0.5) is 24.7 Å². The molecule has 1 saturated heterocycles. The van der Waals surface area contributed by atoms with Crippen molar-refractivity contribution < 1.29 is 22.8 Å². The van der Waals surface area contributed by atoms with Crippen molar-refractivity contribution in [2.45, 2.75) is 37.9 Å². The smallest absolute Gasteiger partial charge is 0.374 e. The van der Waals surface area contributed by atoms with Crippen LogP contribution >= 0.6 is 0 Å². The maximum absolute atomic E-state index is 13.1. The Labute approximate surface area is 187 Å². The number of anilines is 2. The van der Waals surface area contributed by atoms with E-state index in [0.717, 1.165) is 17.7 Å². The van der Waals surface area contributed by atoms with Crippen LogP contribution in [-0.2, 0) is 9.59 Å². The molecule has 0 radical (unpaired) electrons. The number of likely N-dealkylation sites (tertiary alicyclic amines) is 1. The minimum atomic E-state index is -4.48. The Kier molecular flexibility index (Phi) is 6.13. The molecule has 1 aliphatic heterocycles. The Morgan fingerprint density at radius 3 is 2.58 bits per heavy atom. The summed E-state index contributed by atoms with van der Waals surface area (Å²) < 4.78 is 39.4. The molecule has 3 heterocycles. The second-order valence-corrected chi connectivity index (χ2v) is 7.92. The summed E-state index contributed by atoms with van der Waals surface area (Å²) in [6.45, 7) is -0.377. The van der Waals surface area contributed by atoms with Crippen LogP contribution < -0.4 is 10.6 Å². The van der Waals surface area contributed by atoms with Crippen LogP contribution in [0.1, 0.15) is 31.4 Å². The van der Waals surface area contributed by atoms with Gasteiger partial charge < -0.3 is 15.5 Å². The van der Waals surface area contributed by atoms with Crippen molar-refractivity contribution in [2.75, 3.05) is 23.7 Å². The van der Waals surface area contributed by atoms with E-state index in [-0.39, 0.29) is 42.6 Å². The van der Waals surface area contributed by atoms with Crippen LogP contribution in [0, 0.1) is 17.2 Å². The van der Waals surface area contributed by atoms with Gasteiger partial charge >= 0.3 is 6.18 Å². The third kappa shape index (κ3) is 5.19. The molecule has 2 aromatic heterocycles. The fourth-order valence-electron chi connectivity index (χ4n) is 3.62. The summed E-state index contributed by atoms with van der Waals surface area (Å²) in [6, 6.07) is 1.62. The van der Waals surface area contributed by atoms with Gasteiger partial charge in [0.1, 0.15) is 12.1 Å². The molecule has 1 saturated carbocycles. The number of amides is 2. The SMILES string of the molecule is N#Cc1ncc(-c2cnc(NC(=O)C3CC3)cn2)cc1NCC(=O)N1CCC[C@@H]1C(F)(F)F. The van der Waals surface area contributed by atoms with Gasteiger partial charge in [-0.25, -0.2) is 9.97 Å². The molecule has 9 nitrogen and oxygen atoms in total. The maximum atomic E-state index is 13.1. The second kappa shape index (κ2) is 9.01. The molecule has 2 fully saturated rings. The predicted molar refractivity (Wildman–Crippen MR) is 111 cm³/mol. The lowest BCUT2D eigenvalue weighted by Crippen LogP contribution is -2.46. The molecular formula is C21H20F3N7O2. The monoisotopic (exact) mass is 459 g/mol. The highest BCUT2D eigenvalue weighted by molar-refractivity contribution is 5.93. The van der Waals surface area contributed by atoms with E-state index in [0.29, 0.717) is 17.1 Å². The highest BCUT2D eigenvalue weighted by Crippen LogP contribution is 2.33. The highest BCUT2D eigenvalue weighted by atomic mass is 19.4. The predicted octanol–water partition coefficient (Wildman–Crippen LogP) is 2.72. The molecule has 2 N–H and O–H groups in total. The van der Waals surface area contributed by atoms with Crippen molar-refractivity contribution in [3.8, 4) is 17.3 Å². The van der Waals surface area contributed by atoms with E-state index >= 15 is 0 Å². The van der Waals surface area contributed by atoms with Crippen LogP contribution in [0.3, 0.4) is 0 Å². The Balaban J connectivity index is 1.45. The topological polar surface area (TPSA) is 124 Å². The average molecular weight is 459 g/mol. The number of nitrogens with one attached hydrogen (secondary N) is 2. The fourth-order valence-corrected chi connectivity index (χ4v) is 3.62. The number of rotatable bonds is 6. The third-order valence-electron chi connectivity index (χ3n) is 5.52. The Morgan fingerprint density at radius 1 is 1.15 bits per heavy atom. The quantitative estimate of drug-likeness (QED) is 0.681. The summed E-state index contributed by atoms with van der Waals surface area (Å²) in [7, 11) is 0. The standard InChI is InChI=1S/C21H20F3N7O2/c22-21(23,24)17-2-1-5-31(17)19(32)11-28-14-6-13(8-26-15(14)7-25)16-9-29-18(10-27-16)30-20(33)12-3-4-12/h6,8-10,12,17,28H,1-5,11H2,(H,29,30,33)/t17-/m1/s1. The summed E-state index contributed by atoms with van der Waals surface area (Å²) in [5.74, 6) is -0.470. The Bertz CT molecular complexity index is 1090. The molecule has 4 rings (SSSR count). The normalized spacial score (nSPS) is 18.0. The average Bonchev–Trinajstić information content (AvgIpc) is 3.52. The van der Waals surface area contributed by atoms with Crippen LogP contribution in [0.25, 0.3) is 11.3 Å². The second-order valence-electron chi connectivity index (χ2n) is 7.92. The number of carbonyl (C=O) groups excluding carboxylic acids is 2. The van der Waals surface area contributed by atoms with Gasteiger partial charge in [0.05, 0.1) is 30.3 Å². The number of nitrogens with zero attached hydrogens (tertiary/aromatic N) is 5. The first-order chi connectivity index (χ1) is 15.8. The zero-order chi connectivity index (χ0) is 23.6. The van der Waals surface area contributed by atoms with Crippen molar-refractivity contribution in [2.24, 2.45) is 5.92 Å². The van der Waals surface area contributed by atoms with Gasteiger partial charge in [0.25, 0.3) is 0 Å². The number of alkyl halides is 3. The van der Waals surface area contributed by atoms with E-state index < -0.39 is 24.7 Å². The Hall–Kier alpha value is -3.75. The van der Waals surface area contributed by atoms with Crippen molar-refractivity contribution in [1.29, 1.82) is 5.26 Å². The first-order valence-electron chi connectivity index (χ1n) is 10.4. The zero-order valence-electron chi connectivity index (χ0n) is 17.4. The number of nitriles is 1. The molecule has 0 unspecified atom stereocenters. The van der Waals surface area contributed by atoms with E-state index in [1.165, 1.54) is 24.7 Å². The zero-order valence-corrected chi connectivity index (χ0v) is 17.4. The summed E-state index contributed by atoms with van der Waals surface area (Å²) in [6.07, 6.45) is 1.64. The van der Waals surface area contributed by atoms with Crippen LogP contribution in [-0.4, -0.2) is 57.0 Å². The van der Waals surface area contributed by atoms with Gasteiger partial charge in [-0.15, -0.1) is 0 Å². The van der Waals surface area contributed by atoms with Gasteiger partial charge in [-0.2, -0.15) is 18.4 Å². The largest absolute Gasteiger partial charge is 0.408 e. The van der Waals surface area contributed by atoms with Crippen LogP contribution in [0.15, 0.2) is 24.7 Å². The minimum Gasteiger partial charge on any atom is -0.374 e. The minimum absolute atomic E-state index is 0.0124. The summed E-state index contributed by atoms with van der Waals surface area (Å²) in [5.41, 5.74) is 1.06. The van der Waals surface area contributed by atoms with E-state index in [4.69, 9.17) is 0 Å². The van der Waals surface area contributed by atoms with Crippen molar-refractivity contribution in [3.63, 3.8) is 0 Å². The summed E-state index contributed by atoms with van der Waals surface area (Å²) in [4.78, 5) is 37.5. The molecular weight excluding hydrogens is 439 g/mol. The van der Waals surface area contributed by atoms with Gasteiger partial charge in [-0.1, -0.05) is 0 Å². The van der Waals surface area contributed by atoms with E-state index in [1.807, 2.05) is 6.07 Å². The summed E-state index contributed by atoms with van der Waals surface area (Å²) >= 11 is 0. The van der Waals surface area contributed by atoms with Crippen LogP contribution in [0.5, 0.6) is 0 Å².